The molecular weight excluding hydrogens is 412 g/mol. The van der Waals surface area contributed by atoms with Gasteiger partial charge in [-0.25, -0.2) is 19.4 Å². The van der Waals surface area contributed by atoms with Gasteiger partial charge in [-0.15, -0.1) is 5.10 Å². The summed E-state index contributed by atoms with van der Waals surface area (Å²) < 4.78 is 1.53. The third-order valence-corrected chi connectivity index (χ3v) is 5.15. The topological polar surface area (TPSA) is 134 Å². The highest BCUT2D eigenvalue weighted by molar-refractivity contribution is 5.90. The van der Waals surface area contributed by atoms with E-state index in [0.29, 0.717) is 37.8 Å². The minimum atomic E-state index is -0.379. The Morgan fingerprint density at radius 3 is 2.59 bits per heavy atom. The molecule has 12 nitrogen and oxygen atoms in total. The Hall–Kier alpha value is -4.09. The highest BCUT2D eigenvalue weighted by Gasteiger charge is 2.22. The van der Waals surface area contributed by atoms with E-state index in [-0.39, 0.29) is 24.9 Å². The zero-order valence-corrected chi connectivity index (χ0v) is 17.7. The first kappa shape index (κ1) is 21.2. The molecule has 0 saturated carbocycles. The third-order valence-electron chi connectivity index (χ3n) is 5.15. The standard InChI is InChI=1S/C20H24N10O2/c1-15-3-4-16(13-17(15)30-14-24-26-27-30)25-20(32)23-8-5-18(31)28-9-11-29(12-10-28)19-21-6-2-7-22-19/h2-4,6-7,13-14H,5,8-12H2,1H3,(H2,23,25,32). The first-order valence-corrected chi connectivity index (χ1v) is 10.3. The molecule has 1 saturated heterocycles. The van der Waals surface area contributed by atoms with Crippen LogP contribution in [0.2, 0.25) is 0 Å². The molecule has 1 fully saturated rings. The first-order valence-electron chi connectivity index (χ1n) is 10.3. The average Bonchev–Trinajstić information content (AvgIpc) is 3.36. The second kappa shape index (κ2) is 9.81. The molecular formula is C20H24N10O2. The van der Waals surface area contributed by atoms with Crippen molar-refractivity contribution in [3.05, 3.63) is 48.5 Å². The van der Waals surface area contributed by atoms with E-state index in [1.54, 1.807) is 35.5 Å². The van der Waals surface area contributed by atoms with Crippen LogP contribution in [0, 0.1) is 6.92 Å². The Labute approximate surface area is 184 Å². The molecule has 3 aromatic rings. The molecule has 4 rings (SSSR count). The Morgan fingerprint density at radius 1 is 1.09 bits per heavy atom. The molecule has 0 bridgehead atoms. The molecule has 166 valence electrons. The normalized spacial score (nSPS) is 13.7. The van der Waals surface area contributed by atoms with Crippen LogP contribution >= 0.6 is 0 Å². The zero-order valence-electron chi connectivity index (χ0n) is 17.7. The highest BCUT2D eigenvalue weighted by atomic mass is 16.2. The molecule has 0 spiro atoms. The van der Waals surface area contributed by atoms with Gasteiger partial charge in [-0.1, -0.05) is 6.07 Å². The van der Waals surface area contributed by atoms with Crippen LogP contribution in [0.25, 0.3) is 5.69 Å². The molecule has 3 amide bonds. The number of tetrazole rings is 1. The van der Waals surface area contributed by atoms with Gasteiger partial charge < -0.3 is 20.4 Å². The maximum Gasteiger partial charge on any atom is 0.319 e. The maximum atomic E-state index is 12.5. The lowest BCUT2D eigenvalue weighted by Crippen LogP contribution is -2.49. The van der Waals surface area contributed by atoms with Crippen LogP contribution in [0.4, 0.5) is 16.4 Å². The summed E-state index contributed by atoms with van der Waals surface area (Å²) in [7, 11) is 0. The van der Waals surface area contributed by atoms with E-state index in [9.17, 15) is 9.59 Å². The molecule has 1 aromatic carbocycles. The van der Waals surface area contributed by atoms with E-state index in [0.717, 1.165) is 11.3 Å². The summed E-state index contributed by atoms with van der Waals surface area (Å²) >= 11 is 0. The van der Waals surface area contributed by atoms with Crippen molar-refractivity contribution >= 4 is 23.6 Å². The number of amides is 3. The van der Waals surface area contributed by atoms with Gasteiger partial charge in [-0.05, 0) is 41.1 Å². The average molecular weight is 436 g/mol. The number of rotatable bonds is 6. The number of carbonyl (C=O) groups is 2. The molecule has 0 radical (unpaired) electrons. The molecule has 12 heteroatoms. The number of hydrogen-bond acceptors (Lipinski definition) is 8. The molecule has 0 unspecified atom stereocenters. The van der Waals surface area contributed by atoms with Gasteiger partial charge in [-0.3, -0.25) is 4.79 Å². The second-order valence-electron chi connectivity index (χ2n) is 7.30. The Balaban J connectivity index is 1.21. The van der Waals surface area contributed by atoms with Gasteiger partial charge in [0.2, 0.25) is 11.9 Å². The van der Waals surface area contributed by atoms with Gasteiger partial charge in [-0.2, -0.15) is 0 Å². The molecule has 2 N–H and O–H groups in total. The number of piperazine rings is 1. The minimum Gasteiger partial charge on any atom is -0.339 e. The molecule has 1 aliphatic rings. The monoisotopic (exact) mass is 436 g/mol. The smallest absolute Gasteiger partial charge is 0.319 e. The van der Waals surface area contributed by atoms with Gasteiger partial charge in [0.1, 0.15) is 6.33 Å². The molecule has 0 aliphatic carbocycles. The van der Waals surface area contributed by atoms with Crippen LogP contribution in [-0.2, 0) is 4.79 Å². The number of aryl methyl sites for hydroxylation is 1. The fraction of sp³-hybridized carbons (Fsp3) is 0.350. The minimum absolute atomic E-state index is 0.00948. The summed E-state index contributed by atoms with van der Waals surface area (Å²) in [6.07, 6.45) is 5.14. The maximum absolute atomic E-state index is 12.5. The molecule has 32 heavy (non-hydrogen) atoms. The van der Waals surface area contributed by atoms with Gasteiger partial charge in [0.05, 0.1) is 5.69 Å². The molecule has 2 aromatic heterocycles. The fourth-order valence-electron chi connectivity index (χ4n) is 3.43. The molecule has 3 heterocycles. The van der Waals surface area contributed by atoms with Gasteiger partial charge in [0.25, 0.3) is 0 Å². The Morgan fingerprint density at radius 2 is 1.88 bits per heavy atom. The lowest BCUT2D eigenvalue weighted by Gasteiger charge is -2.34. The fourth-order valence-corrected chi connectivity index (χ4v) is 3.43. The highest BCUT2D eigenvalue weighted by Crippen LogP contribution is 2.18. The zero-order chi connectivity index (χ0) is 22.3. The van der Waals surface area contributed by atoms with Crippen molar-refractivity contribution in [1.29, 1.82) is 0 Å². The van der Waals surface area contributed by atoms with Gasteiger partial charge in [0.15, 0.2) is 0 Å². The Bertz CT molecular complexity index is 1050. The van der Waals surface area contributed by atoms with Crippen molar-refractivity contribution in [2.24, 2.45) is 0 Å². The van der Waals surface area contributed by atoms with Crippen LogP contribution in [0.3, 0.4) is 0 Å². The summed E-state index contributed by atoms with van der Waals surface area (Å²) in [5.41, 5.74) is 2.33. The van der Waals surface area contributed by atoms with Crippen LogP contribution in [-0.4, -0.2) is 79.7 Å². The van der Waals surface area contributed by atoms with Crippen LogP contribution in [0.1, 0.15) is 12.0 Å². The van der Waals surface area contributed by atoms with Gasteiger partial charge in [0, 0.05) is 57.2 Å². The van der Waals surface area contributed by atoms with E-state index < -0.39 is 0 Å². The number of nitrogens with zero attached hydrogens (tertiary/aromatic N) is 8. The Kier molecular flexibility index (Phi) is 6.49. The number of aromatic nitrogens is 6. The number of benzene rings is 1. The quantitative estimate of drug-likeness (QED) is 0.574. The van der Waals surface area contributed by atoms with Crippen molar-refractivity contribution in [3.63, 3.8) is 0 Å². The van der Waals surface area contributed by atoms with Crippen molar-refractivity contribution in [2.45, 2.75) is 13.3 Å². The van der Waals surface area contributed by atoms with Gasteiger partial charge >= 0.3 is 6.03 Å². The summed E-state index contributed by atoms with van der Waals surface area (Å²) in [5.74, 6) is 0.688. The summed E-state index contributed by atoms with van der Waals surface area (Å²) in [6.45, 7) is 4.75. The number of nitrogens with one attached hydrogen (secondary N) is 2. The third kappa shape index (κ3) is 5.14. The van der Waals surface area contributed by atoms with Crippen LogP contribution < -0.4 is 15.5 Å². The van der Waals surface area contributed by atoms with E-state index in [2.05, 4.69) is 41.0 Å². The summed E-state index contributed by atoms with van der Waals surface area (Å²) in [5, 5.41) is 16.6. The van der Waals surface area contributed by atoms with E-state index in [1.165, 1.54) is 11.0 Å². The predicted molar refractivity (Wildman–Crippen MR) is 116 cm³/mol. The molecule has 0 atom stereocenters. The largest absolute Gasteiger partial charge is 0.339 e. The number of urea groups is 1. The van der Waals surface area contributed by atoms with Crippen molar-refractivity contribution in [3.8, 4) is 5.69 Å². The van der Waals surface area contributed by atoms with E-state index >= 15 is 0 Å². The number of carbonyl (C=O) groups excluding carboxylic acids is 2. The lowest BCUT2D eigenvalue weighted by atomic mass is 10.2. The van der Waals surface area contributed by atoms with E-state index in [4.69, 9.17) is 0 Å². The van der Waals surface area contributed by atoms with Crippen LogP contribution in [0.15, 0.2) is 43.0 Å². The lowest BCUT2D eigenvalue weighted by molar-refractivity contribution is -0.131. The second-order valence-corrected chi connectivity index (χ2v) is 7.30. The van der Waals surface area contributed by atoms with Crippen molar-refractivity contribution < 1.29 is 9.59 Å². The van der Waals surface area contributed by atoms with Crippen LogP contribution in [0.5, 0.6) is 0 Å². The first-order chi connectivity index (χ1) is 15.6. The van der Waals surface area contributed by atoms with E-state index in [1.807, 2.05) is 13.0 Å². The van der Waals surface area contributed by atoms with Crippen molar-refractivity contribution in [1.82, 2.24) is 40.4 Å². The van der Waals surface area contributed by atoms with Crippen molar-refractivity contribution in [2.75, 3.05) is 42.9 Å². The molecule has 1 aliphatic heterocycles. The number of hydrogen-bond donors (Lipinski definition) is 2. The summed E-state index contributed by atoms with van der Waals surface area (Å²) in [6, 6.07) is 6.85. The number of anilines is 2. The summed E-state index contributed by atoms with van der Waals surface area (Å²) in [4.78, 5) is 37.1. The SMILES string of the molecule is Cc1ccc(NC(=O)NCCC(=O)N2CCN(c3ncccn3)CC2)cc1-n1cnnn1. The predicted octanol–water partition coefficient (Wildman–Crippen LogP) is 0.621.